The molecule has 6 heteroatoms. The summed E-state index contributed by atoms with van der Waals surface area (Å²) in [6.45, 7) is 6.38. The molecule has 4 nitrogen and oxygen atoms in total. The van der Waals surface area contributed by atoms with Crippen molar-refractivity contribution >= 4 is 5.69 Å². The van der Waals surface area contributed by atoms with Crippen LogP contribution in [0.15, 0.2) is 48.4 Å². The van der Waals surface area contributed by atoms with Gasteiger partial charge in [0.25, 0.3) is 0 Å². The summed E-state index contributed by atoms with van der Waals surface area (Å²) in [5, 5.41) is 0. The van der Waals surface area contributed by atoms with E-state index in [0.29, 0.717) is 5.69 Å². The Morgan fingerprint density at radius 1 is 1.53 bits per heavy atom. The van der Waals surface area contributed by atoms with Gasteiger partial charge in [0.15, 0.2) is 17.4 Å². The summed E-state index contributed by atoms with van der Waals surface area (Å²) in [7, 11) is 0. The molecule has 0 saturated heterocycles. The lowest BCUT2D eigenvalue weighted by atomic mass is 10.2. The molecule has 0 aliphatic rings. The summed E-state index contributed by atoms with van der Waals surface area (Å²) in [5.41, 5.74) is 3.75. The van der Waals surface area contributed by atoms with Crippen molar-refractivity contribution in [3.63, 3.8) is 0 Å². The van der Waals surface area contributed by atoms with Crippen LogP contribution in [0.2, 0.25) is 0 Å². The molecule has 0 atom stereocenters. The number of ether oxygens (including phenoxy) is 1. The van der Waals surface area contributed by atoms with Crippen molar-refractivity contribution in [2.75, 3.05) is 5.43 Å². The number of aryl methyl sites for hydroxylation is 1. The normalized spacial score (nSPS) is 12.3. The van der Waals surface area contributed by atoms with Crippen LogP contribution in [0, 0.1) is 6.92 Å². The van der Waals surface area contributed by atoms with E-state index in [1.165, 1.54) is 18.3 Å². The number of hydrogen-bond donors (Lipinski definition) is 2. The van der Waals surface area contributed by atoms with Crippen LogP contribution in [0.3, 0.4) is 0 Å². The fraction of sp³-hybridized carbons (Fsp3) is 0.154. The number of nitrogen functional groups attached to an aromatic ring is 1. The number of hydrogen-bond acceptors (Lipinski definition) is 4. The maximum atomic E-state index is 13.6. The smallest absolute Gasteiger partial charge is 0.219 e. The number of nitrogens with zero attached hydrogens (tertiary/aromatic N) is 1. The maximum Gasteiger partial charge on any atom is 0.219 e. The monoisotopic (exact) mass is 267 g/mol. The number of hydrazine groups is 1. The minimum atomic E-state index is -1.02. The lowest BCUT2D eigenvalue weighted by Gasteiger charge is -2.10. The molecule has 0 unspecified atom stereocenters. The lowest BCUT2D eigenvalue weighted by molar-refractivity contribution is 0.370. The molecule has 1 aromatic heterocycles. The molecule has 0 aliphatic carbocycles. The van der Waals surface area contributed by atoms with E-state index in [0.717, 1.165) is 11.6 Å². The van der Waals surface area contributed by atoms with Crippen LogP contribution in [-0.2, 0) is 0 Å². The predicted molar refractivity (Wildman–Crippen MR) is 70.6 cm³/mol. The quantitative estimate of drug-likeness (QED) is 0.372. The van der Waals surface area contributed by atoms with Crippen LogP contribution in [0.5, 0.6) is 5.88 Å². The molecule has 3 N–H and O–H groups in total. The number of nitrogens with one attached hydrogen (secondary N) is 1. The van der Waals surface area contributed by atoms with Gasteiger partial charge in [-0.05, 0) is 25.5 Å². The van der Waals surface area contributed by atoms with Crippen molar-refractivity contribution in [1.29, 1.82) is 0 Å². The van der Waals surface area contributed by atoms with E-state index in [2.05, 4.69) is 17.0 Å². The molecule has 1 rings (SSSR count). The lowest BCUT2D eigenvalue weighted by Crippen LogP contribution is -2.09. The van der Waals surface area contributed by atoms with Gasteiger partial charge in [-0.2, -0.15) is 0 Å². The highest BCUT2D eigenvalue weighted by atomic mass is 19.1. The molecule has 0 bridgehead atoms. The van der Waals surface area contributed by atoms with Crippen LogP contribution in [0.4, 0.5) is 14.5 Å². The van der Waals surface area contributed by atoms with E-state index in [1.807, 2.05) is 0 Å². The first kappa shape index (κ1) is 14.8. The molecule has 0 aromatic carbocycles. The molecule has 1 aromatic rings. The molecule has 0 aliphatic heterocycles. The fourth-order valence-electron chi connectivity index (χ4n) is 1.30. The Kier molecular flexibility index (Phi) is 5.20. The molecule has 19 heavy (non-hydrogen) atoms. The third-order valence-electron chi connectivity index (χ3n) is 2.22. The van der Waals surface area contributed by atoms with Gasteiger partial charge in [0.05, 0.1) is 11.9 Å². The minimum Gasteiger partial charge on any atom is -0.433 e. The average Bonchev–Trinajstić information content (AvgIpc) is 2.36. The molecule has 1 heterocycles. The van der Waals surface area contributed by atoms with Gasteiger partial charge in [0, 0.05) is 6.07 Å². The van der Waals surface area contributed by atoms with E-state index in [-0.39, 0.29) is 5.88 Å². The first-order valence-corrected chi connectivity index (χ1v) is 5.48. The summed E-state index contributed by atoms with van der Waals surface area (Å²) in [6, 6.07) is 1.50. The molecule has 102 valence electrons. The van der Waals surface area contributed by atoms with Crippen LogP contribution in [0.1, 0.15) is 12.5 Å². The number of anilines is 1. The zero-order valence-corrected chi connectivity index (χ0v) is 10.7. The van der Waals surface area contributed by atoms with Crippen molar-refractivity contribution in [2.24, 2.45) is 5.84 Å². The number of rotatable bonds is 5. The Labute approximate surface area is 110 Å². The van der Waals surface area contributed by atoms with Gasteiger partial charge < -0.3 is 10.2 Å². The standard InChI is InChI=1S/C13H15F2N3O/c1-4-5-10(15)13(9(3)14)19-12-6-8(2)11(18-16)7-17-12/h4-7,18H,3,16H2,1-2H3/b5-4-,13-10-. The number of allylic oxidation sites excluding steroid dienone is 4. The van der Waals surface area contributed by atoms with E-state index < -0.39 is 17.4 Å². The molecular formula is C13H15F2N3O. The van der Waals surface area contributed by atoms with Gasteiger partial charge in [-0.15, -0.1) is 0 Å². The van der Waals surface area contributed by atoms with Gasteiger partial charge in [-0.3, -0.25) is 5.84 Å². The highest BCUT2D eigenvalue weighted by Gasteiger charge is 2.13. The minimum absolute atomic E-state index is 0.0463. The summed E-state index contributed by atoms with van der Waals surface area (Å²) in [6.07, 6.45) is 3.89. The molecular weight excluding hydrogens is 252 g/mol. The second-order valence-electron chi connectivity index (χ2n) is 3.67. The maximum absolute atomic E-state index is 13.6. The molecule has 0 spiro atoms. The highest BCUT2D eigenvalue weighted by molar-refractivity contribution is 5.49. The Morgan fingerprint density at radius 3 is 2.68 bits per heavy atom. The van der Waals surface area contributed by atoms with E-state index in [4.69, 9.17) is 10.6 Å². The number of nitrogens with two attached hydrogens (primary N) is 1. The zero-order chi connectivity index (χ0) is 14.4. The van der Waals surface area contributed by atoms with Gasteiger partial charge in [-0.1, -0.05) is 12.7 Å². The summed E-state index contributed by atoms with van der Waals surface area (Å²) in [5.74, 6) is 2.82. The van der Waals surface area contributed by atoms with Crippen LogP contribution in [0.25, 0.3) is 0 Å². The number of aromatic nitrogens is 1. The predicted octanol–water partition coefficient (Wildman–Crippen LogP) is 3.29. The second-order valence-corrected chi connectivity index (χ2v) is 3.67. The number of pyridine rings is 1. The third kappa shape index (κ3) is 3.89. The van der Waals surface area contributed by atoms with Gasteiger partial charge in [-0.25, -0.2) is 13.8 Å². The van der Waals surface area contributed by atoms with E-state index in [1.54, 1.807) is 13.8 Å². The summed E-state index contributed by atoms with van der Waals surface area (Å²) < 4.78 is 31.8. The van der Waals surface area contributed by atoms with Gasteiger partial charge in [0.2, 0.25) is 5.88 Å². The second kappa shape index (κ2) is 6.65. The molecule has 0 amide bonds. The highest BCUT2D eigenvalue weighted by Crippen LogP contribution is 2.24. The average molecular weight is 267 g/mol. The van der Waals surface area contributed by atoms with Crippen molar-refractivity contribution in [1.82, 2.24) is 4.98 Å². The van der Waals surface area contributed by atoms with Crippen LogP contribution in [-0.4, -0.2) is 4.98 Å². The molecule has 0 fully saturated rings. The van der Waals surface area contributed by atoms with Crippen molar-refractivity contribution < 1.29 is 13.5 Å². The molecule has 0 radical (unpaired) electrons. The number of halogens is 2. The summed E-state index contributed by atoms with van der Waals surface area (Å²) >= 11 is 0. The Morgan fingerprint density at radius 2 is 2.21 bits per heavy atom. The topological polar surface area (TPSA) is 60.2 Å². The largest absolute Gasteiger partial charge is 0.433 e. The Balaban J connectivity index is 3.08. The Bertz CT molecular complexity index is 539. The van der Waals surface area contributed by atoms with E-state index in [9.17, 15) is 8.78 Å². The van der Waals surface area contributed by atoms with Gasteiger partial charge in [0.1, 0.15) is 0 Å². The van der Waals surface area contributed by atoms with Crippen molar-refractivity contribution in [3.05, 3.63) is 54.0 Å². The van der Waals surface area contributed by atoms with Crippen molar-refractivity contribution in [2.45, 2.75) is 13.8 Å². The SMILES string of the molecule is C=C(F)/C(Oc1cc(C)c(NN)cn1)=C(F)\C=C/C. The van der Waals surface area contributed by atoms with Crippen molar-refractivity contribution in [3.8, 4) is 5.88 Å². The van der Waals surface area contributed by atoms with E-state index >= 15 is 0 Å². The first-order chi connectivity index (χ1) is 8.99. The van der Waals surface area contributed by atoms with Crippen LogP contribution < -0.4 is 16.0 Å². The van der Waals surface area contributed by atoms with Crippen LogP contribution >= 0.6 is 0 Å². The Hall–Kier alpha value is -2.21. The van der Waals surface area contributed by atoms with Gasteiger partial charge >= 0.3 is 0 Å². The fourth-order valence-corrected chi connectivity index (χ4v) is 1.30. The zero-order valence-electron chi connectivity index (χ0n) is 10.7. The third-order valence-corrected chi connectivity index (χ3v) is 2.22. The molecule has 0 saturated carbocycles. The first-order valence-electron chi connectivity index (χ1n) is 5.48. The summed E-state index contributed by atoms with van der Waals surface area (Å²) in [4.78, 5) is 3.88.